The molecule has 2 heterocycles. The molecule has 182 valence electrons. The van der Waals surface area contributed by atoms with Crippen LogP contribution in [0.4, 0.5) is 0 Å². The predicted octanol–water partition coefficient (Wildman–Crippen LogP) is 3.82. The Labute approximate surface area is 201 Å². The van der Waals surface area contributed by atoms with Gasteiger partial charge >= 0.3 is 7.60 Å². The molecule has 0 spiro atoms. The SMILES string of the molecule is CCOP(=O)(OCC)C(NNC(=O)CSc1nnc(-c2ccncc2)o1)c1cccc(OC)c1. The van der Waals surface area contributed by atoms with Crippen LogP contribution in [-0.2, 0) is 18.4 Å². The third-order valence-corrected chi connectivity index (χ3v) is 7.47. The van der Waals surface area contributed by atoms with Crippen LogP contribution in [0.3, 0.4) is 0 Å². The number of carbonyl (C=O) groups excluding carboxylic acids is 1. The van der Waals surface area contributed by atoms with E-state index in [0.717, 1.165) is 17.3 Å². The summed E-state index contributed by atoms with van der Waals surface area (Å²) in [6.45, 7) is 3.77. The van der Waals surface area contributed by atoms with E-state index >= 15 is 0 Å². The predicted molar refractivity (Wildman–Crippen MR) is 126 cm³/mol. The number of methoxy groups -OCH3 is 1. The zero-order chi connectivity index (χ0) is 24.4. The lowest BCUT2D eigenvalue weighted by Gasteiger charge is -2.27. The van der Waals surface area contributed by atoms with Gasteiger partial charge in [-0.25, -0.2) is 5.43 Å². The maximum atomic E-state index is 13.5. The molecule has 11 nitrogen and oxygen atoms in total. The van der Waals surface area contributed by atoms with E-state index < -0.39 is 19.3 Å². The molecule has 0 saturated heterocycles. The molecule has 3 aromatic rings. The Balaban J connectivity index is 1.66. The Bertz CT molecular complexity index is 1110. The molecular weight excluding hydrogens is 481 g/mol. The van der Waals surface area contributed by atoms with Crippen molar-refractivity contribution in [3.05, 3.63) is 54.4 Å². The number of hydrazine groups is 1. The largest absolute Gasteiger partial charge is 0.497 e. The van der Waals surface area contributed by atoms with E-state index in [2.05, 4.69) is 26.0 Å². The third kappa shape index (κ3) is 6.87. The van der Waals surface area contributed by atoms with Crippen LogP contribution in [0.5, 0.6) is 5.75 Å². The van der Waals surface area contributed by atoms with E-state index in [9.17, 15) is 9.36 Å². The van der Waals surface area contributed by atoms with Crippen molar-refractivity contribution in [3.8, 4) is 17.2 Å². The average molecular weight is 508 g/mol. The molecule has 0 saturated carbocycles. The second-order valence-corrected chi connectivity index (χ2v) is 9.68. The molecule has 1 aromatic carbocycles. The summed E-state index contributed by atoms with van der Waals surface area (Å²) in [4.78, 5) is 16.5. The number of thioether (sulfide) groups is 1. The van der Waals surface area contributed by atoms with Gasteiger partial charge in [0, 0.05) is 18.0 Å². The standard InChI is InChI=1S/C21H26N5O6PS/c1-4-30-33(28,31-5-2)20(16-7-6-8-17(13-16)29-3)25-23-18(27)14-34-21-26-24-19(32-21)15-9-11-22-12-10-15/h6-13,20,25H,4-5,14H2,1-3H3,(H,23,27). The van der Waals surface area contributed by atoms with Crippen molar-refractivity contribution in [3.63, 3.8) is 0 Å². The maximum absolute atomic E-state index is 13.5. The number of aromatic nitrogens is 3. The second kappa shape index (κ2) is 12.6. The number of pyridine rings is 1. The Morgan fingerprint density at radius 3 is 2.56 bits per heavy atom. The first-order chi connectivity index (χ1) is 16.5. The fourth-order valence-electron chi connectivity index (χ4n) is 2.89. The van der Waals surface area contributed by atoms with Crippen molar-refractivity contribution in [1.82, 2.24) is 26.0 Å². The van der Waals surface area contributed by atoms with Gasteiger partial charge in [-0.1, -0.05) is 23.9 Å². The van der Waals surface area contributed by atoms with Crippen LogP contribution in [0, 0.1) is 0 Å². The van der Waals surface area contributed by atoms with Crippen molar-refractivity contribution in [2.75, 3.05) is 26.1 Å². The summed E-state index contributed by atoms with van der Waals surface area (Å²) < 4.78 is 35.3. The van der Waals surface area contributed by atoms with Crippen LogP contribution in [0.1, 0.15) is 25.2 Å². The van der Waals surface area contributed by atoms with Crippen molar-refractivity contribution in [2.24, 2.45) is 0 Å². The zero-order valence-corrected chi connectivity index (χ0v) is 20.7. The highest BCUT2D eigenvalue weighted by molar-refractivity contribution is 7.99. The lowest BCUT2D eigenvalue weighted by Crippen LogP contribution is -2.41. The first kappa shape index (κ1) is 25.9. The van der Waals surface area contributed by atoms with E-state index in [1.54, 1.807) is 62.6 Å². The molecule has 13 heteroatoms. The molecule has 1 atom stereocenters. The zero-order valence-electron chi connectivity index (χ0n) is 19.0. The van der Waals surface area contributed by atoms with Crippen LogP contribution >= 0.6 is 19.4 Å². The number of ether oxygens (including phenoxy) is 1. The summed E-state index contributed by atoms with van der Waals surface area (Å²) >= 11 is 1.07. The van der Waals surface area contributed by atoms with Crippen LogP contribution in [0.15, 0.2) is 58.4 Å². The van der Waals surface area contributed by atoms with Gasteiger partial charge < -0.3 is 18.2 Å². The number of amides is 1. The van der Waals surface area contributed by atoms with E-state index in [1.807, 2.05) is 0 Å². The monoisotopic (exact) mass is 507 g/mol. The summed E-state index contributed by atoms with van der Waals surface area (Å²) in [7, 11) is -2.15. The molecule has 1 amide bonds. The molecule has 0 aliphatic heterocycles. The highest BCUT2D eigenvalue weighted by Gasteiger charge is 2.37. The molecule has 0 bridgehead atoms. The number of nitrogens with one attached hydrogen (secondary N) is 2. The highest BCUT2D eigenvalue weighted by Crippen LogP contribution is 2.59. The van der Waals surface area contributed by atoms with E-state index in [0.29, 0.717) is 17.2 Å². The number of hydrogen-bond donors (Lipinski definition) is 2. The summed E-state index contributed by atoms with van der Waals surface area (Å²) in [5, 5.41) is 8.15. The number of carbonyl (C=O) groups is 1. The van der Waals surface area contributed by atoms with Crippen LogP contribution in [0.25, 0.3) is 11.5 Å². The van der Waals surface area contributed by atoms with Crippen molar-refractivity contribution in [1.29, 1.82) is 0 Å². The third-order valence-electron chi connectivity index (χ3n) is 4.35. The Morgan fingerprint density at radius 2 is 1.88 bits per heavy atom. The van der Waals surface area contributed by atoms with Gasteiger partial charge in [-0.2, -0.15) is 0 Å². The Morgan fingerprint density at radius 1 is 1.15 bits per heavy atom. The van der Waals surface area contributed by atoms with Crippen molar-refractivity contribution < 1.29 is 27.6 Å². The minimum absolute atomic E-state index is 0.0244. The summed E-state index contributed by atoms with van der Waals surface area (Å²) in [6.07, 6.45) is 3.24. The van der Waals surface area contributed by atoms with Crippen LogP contribution in [0.2, 0.25) is 0 Å². The van der Waals surface area contributed by atoms with Gasteiger partial charge in [0.05, 0.1) is 26.1 Å². The fraction of sp³-hybridized carbons (Fsp3) is 0.333. The van der Waals surface area contributed by atoms with Crippen molar-refractivity contribution >= 4 is 25.3 Å². The van der Waals surface area contributed by atoms with E-state index in [4.69, 9.17) is 18.2 Å². The van der Waals surface area contributed by atoms with E-state index in [1.165, 1.54) is 7.11 Å². The van der Waals surface area contributed by atoms with Crippen LogP contribution in [-0.4, -0.2) is 47.2 Å². The van der Waals surface area contributed by atoms with Gasteiger partial charge in [0.2, 0.25) is 11.8 Å². The molecule has 0 fully saturated rings. The second-order valence-electron chi connectivity index (χ2n) is 6.64. The quantitative estimate of drug-likeness (QED) is 0.198. The highest BCUT2D eigenvalue weighted by atomic mass is 32.2. The lowest BCUT2D eigenvalue weighted by atomic mass is 10.2. The summed E-state index contributed by atoms with van der Waals surface area (Å²) in [5.74, 6) is -0.495. The number of benzene rings is 1. The van der Waals surface area contributed by atoms with Gasteiger partial charge in [0.1, 0.15) is 5.75 Å². The maximum Gasteiger partial charge on any atom is 0.353 e. The van der Waals surface area contributed by atoms with Gasteiger partial charge in [0.25, 0.3) is 5.22 Å². The lowest BCUT2D eigenvalue weighted by molar-refractivity contribution is -0.119. The molecule has 0 radical (unpaired) electrons. The van der Waals surface area contributed by atoms with Crippen LogP contribution < -0.4 is 15.6 Å². The normalized spacial score (nSPS) is 12.3. The first-order valence-electron chi connectivity index (χ1n) is 10.4. The Hall–Kier alpha value is -2.76. The number of rotatable bonds is 13. The minimum atomic E-state index is -3.68. The average Bonchev–Trinajstić information content (AvgIpc) is 3.33. The number of nitrogens with zero attached hydrogens (tertiary/aromatic N) is 3. The number of hydrogen-bond acceptors (Lipinski definition) is 11. The molecule has 2 aromatic heterocycles. The van der Waals surface area contributed by atoms with Gasteiger partial charge in [0.15, 0.2) is 5.78 Å². The fourth-order valence-corrected chi connectivity index (χ4v) is 5.30. The summed E-state index contributed by atoms with van der Waals surface area (Å²) in [6, 6.07) is 10.4. The molecule has 3 rings (SSSR count). The molecule has 0 aliphatic carbocycles. The van der Waals surface area contributed by atoms with Gasteiger partial charge in [-0.15, -0.1) is 10.2 Å². The first-order valence-corrected chi connectivity index (χ1v) is 13.0. The molecule has 1 unspecified atom stereocenters. The smallest absolute Gasteiger partial charge is 0.353 e. The molecular formula is C21H26N5O6PS. The Kier molecular flexibility index (Phi) is 9.61. The molecule has 34 heavy (non-hydrogen) atoms. The topological polar surface area (TPSA) is 138 Å². The van der Waals surface area contributed by atoms with Gasteiger partial charge in [-0.3, -0.25) is 19.8 Å². The van der Waals surface area contributed by atoms with Crippen molar-refractivity contribution in [2.45, 2.75) is 24.9 Å². The van der Waals surface area contributed by atoms with E-state index in [-0.39, 0.29) is 24.2 Å². The molecule has 2 N–H and O–H groups in total. The molecule has 0 aliphatic rings. The van der Waals surface area contributed by atoms with Gasteiger partial charge in [-0.05, 0) is 43.7 Å². The summed E-state index contributed by atoms with van der Waals surface area (Å²) in [5.41, 5.74) is 6.67. The minimum Gasteiger partial charge on any atom is -0.497 e.